The van der Waals surface area contributed by atoms with Crippen LogP contribution in [0, 0.1) is 17.0 Å². The molecular formula is C16H16N2O5. The van der Waals surface area contributed by atoms with Crippen LogP contribution < -0.4 is 14.8 Å². The molecule has 0 unspecified atom stereocenters. The van der Waals surface area contributed by atoms with E-state index in [2.05, 4.69) is 5.32 Å². The molecular weight excluding hydrogens is 300 g/mol. The third-order valence-corrected chi connectivity index (χ3v) is 3.40. The van der Waals surface area contributed by atoms with Gasteiger partial charge in [0.25, 0.3) is 11.6 Å². The first-order valence-electron chi connectivity index (χ1n) is 6.75. The molecule has 7 heteroatoms. The molecule has 7 nitrogen and oxygen atoms in total. The summed E-state index contributed by atoms with van der Waals surface area (Å²) in [6.45, 7) is 1.54. The molecule has 2 aromatic carbocycles. The zero-order valence-electron chi connectivity index (χ0n) is 13.0. The number of benzene rings is 2. The van der Waals surface area contributed by atoms with E-state index >= 15 is 0 Å². The first kappa shape index (κ1) is 16.3. The van der Waals surface area contributed by atoms with E-state index in [1.807, 2.05) is 0 Å². The molecule has 0 saturated carbocycles. The van der Waals surface area contributed by atoms with Crippen molar-refractivity contribution in [2.75, 3.05) is 19.5 Å². The second-order valence-electron chi connectivity index (χ2n) is 4.73. The summed E-state index contributed by atoms with van der Waals surface area (Å²) in [6, 6.07) is 9.33. The largest absolute Gasteiger partial charge is 0.497 e. The molecule has 0 aromatic heterocycles. The smallest absolute Gasteiger partial charge is 0.273 e. The van der Waals surface area contributed by atoms with Crippen molar-refractivity contribution in [2.45, 2.75) is 6.92 Å². The Bertz CT molecular complexity index is 758. The van der Waals surface area contributed by atoms with Crippen molar-refractivity contribution >= 4 is 17.3 Å². The summed E-state index contributed by atoms with van der Waals surface area (Å²) < 4.78 is 10.3. The summed E-state index contributed by atoms with van der Waals surface area (Å²) in [6.07, 6.45) is 0. The highest BCUT2D eigenvalue weighted by Gasteiger charge is 2.19. The molecule has 0 atom stereocenters. The van der Waals surface area contributed by atoms with Gasteiger partial charge in [-0.2, -0.15) is 0 Å². The van der Waals surface area contributed by atoms with Crippen LogP contribution in [0.25, 0.3) is 0 Å². The Labute approximate surface area is 133 Å². The minimum absolute atomic E-state index is 0.0978. The summed E-state index contributed by atoms with van der Waals surface area (Å²) in [5, 5.41) is 13.7. The van der Waals surface area contributed by atoms with Gasteiger partial charge in [-0.05, 0) is 25.1 Å². The summed E-state index contributed by atoms with van der Waals surface area (Å²) in [4.78, 5) is 22.9. The van der Waals surface area contributed by atoms with Crippen LogP contribution in [0.3, 0.4) is 0 Å². The molecule has 0 bridgehead atoms. The summed E-state index contributed by atoms with van der Waals surface area (Å²) in [5.41, 5.74) is 0.892. The van der Waals surface area contributed by atoms with Crippen molar-refractivity contribution in [1.82, 2.24) is 0 Å². The minimum Gasteiger partial charge on any atom is -0.497 e. The number of amides is 1. The summed E-state index contributed by atoms with van der Waals surface area (Å²) >= 11 is 0. The quantitative estimate of drug-likeness (QED) is 0.676. The average molecular weight is 316 g/mol. The van der Waals surface area contributed by atoms with Crippen LogP contribution in [0.2, 0.25) is 0 Å². The number of nitro groups is 1. The topological polar surface area (TPSA) is 90.7 Å². The fourth-order valence-corrected chi connectivity index (χ4v) is 2.16. The van der Waals surface area contributed by atoms with Gasteiger partial charge >= 0.3 is 0 Å². The van der Waals surface area contributed by atoms with E-state index < -0.39 is 10.8 Å². The Balaban J connectivity index is 2.33. The lowest BCUT2D eigenvalue weighted by Crippen LogP contribution is -2.14. The van der Waals surface area contributed by atoms with Crippen LogP contribution >= 0.6 is 0 Å². The first-order valence-corrected chi connectivity index (χ1v) is 6.75. The molecule has 0 fully saturated rings. The zero-order chi connectivity index (χ0) is 17.0. The highest BCUT2D eigenvalue weighted by Crippen LogP contribution is 2.30. The number of rotatable bonds is 5. The van der Waals surface area contributed by atoms with Crippen molar-refractivity contribution in [1.29, 1.82) is 0 Å². The van der Waals surface area contributed by atoms with Gasteiger partial charge in [0.2, 0.25) is 0 Å². The van der Waals surface area contributed by atoms with Crippen LogP contribution in [0.4, 0.5) is 11.4 Å². The maximum absolute atomic E-state index is 12.4. The number of anilines is 1. The van der Waals surface area contributed by atoms with Crippen LogP contribution in [0.15, 0.2) is 36.4 Å². The van der Waals surface area contributed by atoms with Gasteiger partial charge in [-0.3, -0.25) is 14.9 Å². The molecule has 2 aromatic rings. The van der Waals surface area contributed by atoms with Gasteiger partial charge in [-0.25, -0.2) is 0 Å². The van der Waals surface area contributed by atoms with Crippen molar-refractivity contribution in [3.8, 4) is 11.5 Å². The Hall–Kier alpha value is -3.09. The van der Waals surface area contributed by atoms with Gasteiger partial charge < -0.3 is 14.8 Å². The predicted octanol–water partition coefficient (Wildman–Crippen LogP) is 3.17. The van der Waals surface area contributed by atoms with Gasteiger partial charge in [0.05, 0.1) is 24.8 Å². The van der Waals surface area contributed by atoms with E-state index in [0.29, 0.717) is 22.7 Å². The van der Waals surface area contributed by atoms with E-state index in [4.69, 9.17) is 9.47 Å². The van der Waals surface area contributed by atoms with Gasteiger partial charge in [0.15, 0.2) is 0 Å². The first-order chi connectivity index (χ1) is 11.0. The fourth-order valence-electron chi connectivity index (χ4n) is 2.16. The standard InChI is InChI=1S/C16H16N2O5/c1-10-12(5-4-6-14(10)18(20)21)16(19)17-13-8-7-11(22-2)9-15(13)23-3/h4-9H,1-3H3,(H,17,19). The maximum atomic E-state index is 12.4. The lowest BCUT2D eigenvalue weighted by atomic mass is 10.1. The third kappa shape index (κ3) is 3.39. The van der Waals surface area contributed by atoms with E-state index in [0.717, 1.165) is 0 Å². The van der Waals surface area contributed by atoms with Gasteiger partial charge in [-0.15, -0.1) is 0 Å². The van der Waals surface area contributed by atoms with Gasteiger partial charge in [-0.1, -0.05) is 6.07 Å². The summed E-state index contributed by atoms with van der Waals surface area (Å²) in [7, 11) is 3.00. The molecule has 0 saturated heterocycles. The normalized spacial score (nSPS) is 10.0. The molecule has 23 heavy (non-hydrogen) atoms. The maximum Gasteiger partial charge on any atom is 0.273 e. The lowest BCUT2D eigenvalue weighted by molar-refractivity contribution is -0.385. The second-order valence-corrected chi connectivity index (χ2v) is 4.73. The molecule has 0 aliphatic heterocycles. The van der Waals surface area contributed by atoms with Crippen molar-refractivity contribution < 1.29 is 19.2 Å². The highest BCUT2D eigenvalue weighted by atomic mass is 16.6. The van der Waals surface area contributed by atoms with E-state index in [1.54, 1.807) is 18.2 Å². The molecule has 0 spiro atoms. The van der Waals surface area contributed by atoms with Gasteiger partial charge in [0.1, 0.15) is 11.5 Å². The fraction of sp³-hybridized carbons (Fsp3) is 0.188. The molecule has 0 heterocycles. The van der Waals surface area contributed by atoms with E-state index in [-0.39, 0.29) is 11.3 Å². The number of methoxy groups -OCH3 is 2. The third-order valence-electron chi connectivity index (χ3n) is 3.40. The average Bonchev–Trinajstić information content (AvgIpc) is 2.54. The molecule has 2 rings (SSSR count). The highest BCUT2D eigenvalue weighted by molar-refractivity contribution is 6.06. The zero-order valence-corrected chi connectivity index (χ0v) is 13.0. The minimum atomic E-state index is -0.514. The van der Waals surface area contributed by atoms with Crippen molar-refractivity contribution in [2.24, 2.45) is 0 Å². The Morgan fingerprint density at radius 2 is 1.91 bits per heavy atom. The number of nitro benzene ring substituents is 1. The van der Waals surface area contributed by atoms with Crippen LogP contribution in [-0.4, -0.2) is 25.1 Å². The Kier molecular flexibility index (Phi) is 4.80. The Morgan fingerprint density at radius 1 is 1.17 bits per heavy atom. The number of ether oxygens (including phenoxy) is 2. The number of nitrogens with zero attached hydrogens (tertiary/aromatic N) is 1. The number of carbonyl (C=O) groups excluding carboxylic acids is 1. The molecule has 120 valence electrons. The molecule has 1 N–H and O–H groups in total. The van der Waals surface area contributed by atoms with E-state index in [1.165, 1.54) is 39.3 Å². The SMILES string of the molecule is COc1ccc(NC(=O)c2cccc([N+](=O)[O-])c2C)c(OC)c1. The van der Waals surface area contributed by atoms with Crippen LogP contribution in [-0.2, 0) is 0 Å². The number of hydrogen-bond donors (Lipinski definition) is 1. The van der Waals surface area contributed by atoms with Crippen molar-refractivity contribution in [3.63, 3.8) is 0 Å². The van der Waals surface area contributed by atoms with Gasteiger partial charge in [0, 0.05) is 23.3 Å². The summed E-state index contributed by atoms with van der Waals surface area (Å²) in [5.74, 6) is 0.571. The second kappa shape index (κ2) is 6.78. The monoisotopic (exact) mass is 316 g/mol. The van der Waals surface area contributed by atoms with Crippen molar-refractivity contribution in [3.05, 3.63) is 57.6 Å². The van der Waals surface area contributed by atoms with Crippen LogP contribution in [0.5, 0.6) is 11.5 Å². The number of carbonyl (C=O) groups is 1. The lowest BCUT2D eigenvalue weighted by Gasteiger charge is -2.12. The number of hydrogen-bond acceptors (Lipinski definition) is 5. The van der Waals surface area contributed by atoms with E-state index in [9.17, 15) is 14.9 Å². The number of nitrogens with one attached hydrogen (secondary N) is 1. The predicted molar refractivity (Wildman–Crippen MR) is 85.3 cm³/mol. The van der Waals surface area contributed by atoms with Crippen LogP contribution in [0.1, 0.15) is 15.9 Å². The Morgan fingerprint density at radius 3 is 2.52 bits per heavy atom. The molecule has 0 aliphatic carbocycles. The molecule has 0 radical (unpaired) electrons. The molecule has 0 aliphatic rings. The molecule has 1 amide bonds.